The molecule has 0 fully saturated rings. The summed E-state index contributed by atoms with van der Waals surface area (Å²) >= 11 is 2.16. The molecule has 6 nitrogen and oxygen atoms in total. The summed E-state index contributed by atoms with van der Waals surface area (Å²) in [6.45, 7) is 0. The summed E-state index contributed by atoms with van der Waals surface area (Å²) in [6, 6.07) is 9.19. The first-order valence-electron chi connectivity index (χ1n) is 6.41. The minimum Gasteiger partial charge on any atom is -0.258 e. The summed E-state index contributed by atoms with van der Waals surface area (Å²) in [6.07, 6.45) is 3.14. The highest BCUT2D eigenvalue weighted by Gasteiger charge is 2.20. The van der Waals surface area contributed by atoms with Crippen LogP contribution in [-0.4, -0.2) is 19.5 Å². The lowest BCUT2D eigenvalue weighted by Gasteiger charge is -2.07. The smallest absolute Gasteiger partial charge is 0.258 e. The predicted molar refractivity (Wildman–Crippen MR) is 95.2 cm³/mol. The van der Waals surface area contributed by atoms with Gasteiger partial charge in [-0.1, -0.05) is 0 Å². The highest BCUT2D eigenvalue weighted by Crippen LogP contribution is 2.36. The summed E-state index contributed by atoms with van der Waals surface area (Å²) in [4.78, 5) is 15.0. The molecule has 116 valence electrons. The zero-order valence-electron chi connectivity index (χ0n) is 11.5. The quantitative estimate of drug-likeness (QED) is 0.259. The van der Waals surface area contributed by atoms with Gasteiger partial charge in [0.15, 0.2) is 0 Å². The second-order valence-electron chi connectivity index (χ2n) is 4.56. The summed E-state index contributed by atoms with van der Waals surface area (Å²) in [5, 5.41) is 15.5. The van der Waals surface area contributed by atoms with E-state index in [1.54, 1.807) is 34.9 Å². The van der Waals surface area contributed by atoms with Gasteiger partial charge in [-0.25, -0.2) is 13.8 Å². The third kappa shape index (κ3) is 3.23. The largest absolute Gasteiger partial charge is 0.296 e. The predicted octanol–water partition coefficient (Wildman–Crippen LogP) is 4.45. The molecule has 0 saturated carbocycles. The van der Waals surface area contributed by atoms with Gasteiger partial charge in [-0.3, -0.25) is 10.1 Å². The summed E-state index contributed by atoms with van der Waals surface area (Å²) in [5.74, 6) is -0.347. The van der Waals surface area contributed by atoms with Crippen molar-refractivity contribution in [1.82, 2.24) is 14.5 Å². The number of hydrogen-bond acceptors (Lipinski definition) is 4. The van der Waals surface area contributed by atoms with Crippen molar-refractivity contribution < 1.29 is 9.31 Å². The Kier molecular flexibility index (Phi) is 4.63. The van der Waals surface area contributed by atoms with Gasteiger partial charge in [0, 0.05) is 11.8 Å². The number of hydrogen-bond donors (Lipinski definition) is 0. The van der Waals surface area contributed by atoms with Gasteiger partial charge in [0.1, 0.15) is 12.0 Å². The average molecular weight is 442 g/mol. The normalized spacial score (nSPS) is 11.2. The Labute approximate surface area is 145 Å². The third-order valence-electron chi connectivity index (χ3n) is 3.22. The number of pyridine rings is 1. The minimum absolute atomic E-state index is 0.0905. The summed E-state index contributed by atoms with van der Waals surface area (Å²) < 4.78 is 14.7. The first kappa shape index (κ1) is 15.9. The van der Waals surface area contributed by atoms with Crippen LogP contribution in [0.3, 0.4) is 0 Å². The Morgan fingerprint density at radius 3 is 2.65 bits per heavy atom. The van der Waals surface area contributed by atoms with Crippen LogP contribution in [0.25, 0.3) is 22.5 Å². The monoisotopic (exact) mass is 442 g/mol. The van der Waals surface area contributed by atoms with E-state index in [2.05, 4.69) is 32.1 Å². The number of halogens is 2. The molecule has 0 bridgehead atoms. The summed E-state index contributed by atoms with van der Waals surface area (Å²) in [5.41, 5.74) is 2.22. The maximum absolute atomic E-state index is 13.1. The van der Waals surface area contributed by atoms with Crippen molar-refractivity contribution >= 4 is 34.1 Å². The van der Waals surface area contributed by atoms with Crippen molar-refractivity contribution in [2.24, 2.45) is 0 Å². The fraction of sp³-hybridized carbons (Fsp3) is 0. The Balaban J connectivity index is 2.17. The molecule has 0 radical (unpaired) electrons. The highest BCUT2D eigenvalue weighted by molar-refractivity contribution is 14.2. The van der Waals surface area contributed by atoms with E-state index in [9.17, 15) is 14.5 Å². The lowest BCUT2D eigenvalue weighted by molar-refractivity contribution is -0.384. The van der Waals surface area contributed by atoms with Gasteiger partial charge in [-0.15, -0.1) is 0 Å². The first-order chi connectivity index (χ1) is 11.1. The van der Waals surface area contributed by atoms with E-state index in [-0.39, 0.29) is 11.5 Å². The van der Waals surface area contributed by atoms with Crippen LogP contribution in [0.1, 0.15) is 0 Å². The van der Waals surface area contributed by atoms with Crippen LogP contribution in [0.4, 0.5) is 10.1 Å². The van der Waals surface area contributed by atoms with E-state index in [0.717, 1.165) is 0 Å². The average Bonchev–Trinajstić information content (AvgIpc) is 3.03. The van der Waals surface area contributed by atoms with Gasteiger partial charge < -0.3 is 0 Å². The topological polar surface area (TPSA) is 73.8 Å². The van der Waals surface area contributed by atoms with E-state index in [4.69, 9.17) is 0 Å². The standard InChI is InChI=1S/C14H9FIN4O2P/c15-10-3-1-9(2-4-10)12-7-11(14(8-17-12)20(21)22)13-5-6-18-19(13)23-16/h1-8,23H. The van der Waals surface area contributed by atoms with Gasteiger partial charge in [0.25, 0.3) is 5.69 Å². The fourth-order valence-electron chi connectivity index (χ4n) is 2.15. The zero-order chi connectivity index (χ0) is 16.4. The second kappa shape index (κ2) is 6.67. The van der Waals surface area contributed by atoms with Gasteiger partial charge >= 0.3 is 0 Å². The van der Waals surface area contributed by atoms with Crippen molar-refractivity contribution in [2.75, 3.05) is 0 Å². The van der Waals surface area contributed by atoms with Gasteiger partial charge in [0.2, 0.25) is 0 Å². The Hall–Kier alpha value is -1.93. The molecule has 9 heteroatoms. The van der Waals surface area contributed by atoms with E-state index >= 15 is 0 Å². The SMILES string of the molecule is O=[N+]([O-])c1cnc(-c2ccc(F)cc2)cc1-c1ccnn1PI. The molecule has 23 heavy (non-hydrogen) atoms. The molecule has 0 N–H and O–H groups in total. The van der Waals surface area contributed by atoms with Crippen LogP contribution >= 0.6 is 28.4 Å². The van der Waals surface area contributed by atoms with Gasteiger partial charge in [-0.2, -0.15) is 5.10 Å². The molecule has 0 saturated heterocycles. The van der Waals surface area contributed by atoms with Crippen molar-refractivity contribution in [2.45, 2.75) is 0 Å². The van der Waals surface area contributed by atoms with Crippen molar-refractivity contribution in [3.05, 3.63) is 64.7 Å². The molecule has 3 aromatic rings. The Morgan fingerprint density at radius 1 is 1.26 bits per heavy atom. The molecular weight excluding hydrogens is 433 g/mol. The van der Waals surface area contributed by atoms with Crippen molar-refractivity contribution in [3.8, 4) is 22.5 Å². The molecule has 0 spiro atoms. The fourth-order valence-corrected chi connectivity index (χ4v) is 3.70. The van der Waals surface area contributed by atoms with Crippen LogP contribution in [0.5, 0.6) is 0 Å². The summed E-state index contributed by atoms with van der Waals surface area (Å²) in [7, 11) is 0. The van der Waals surface area contributed by atoms with Crippen LogP contribution in [0, 0.1) is 15.9 Å². The molecule has 1 unspecified atom stereocenters. The van der Waals surface area contributed by atoms with Crippen molar-refractivity contribution in [1.29, 1.82) is 0 Å². The maximum Gasteiger partial charge on any atom is 0.296 e. The van der Waals surface area contributed by atoms with Gasteiger partial charge in [-0.05, 0) is 58.4 Å². The molecule has 1 atom stereocenters. The molecule has 3 rings (SSSR count). The number of benzene rings is 1. The van der Waals surface area contributed by atoms with E-state index in [1.807, 2.05) is 0 Å². The zero-order valence-corrected chi connectivity index (χ0v) is 14.6. The van der Waals surface area contributed by atoms with Crippen molar-refractivity contribution in [3.63, 3.8) is 0 Å². The van der Waals surface area contributed by atoms with Crippen LogP contribution in [0.2, 0.25) is 0 Å². The Morgan fingerprint density at radius 2 is 2.00 bits per heavy atom. The number of aromatic nitrogens is 3. The molecule has 0 aliphatic carbocycles. The van der Waals surface area contributed by atoms with Gasteiger partial charge in [0.05, 0.1) is 28.2 Å². The number of rotatable bonds is 4. The van der Waals surface area contributed by atoms with Crippen LogP contribution in [0.15, 0.2) is 48.8 Å². The van der Waals surface area contributed by atoms with Crippen LogP contribution in [-0.2, 0) is 0 Å². The lowest BCUT2D eigenvalue weighted by atomic mass is 10.1. The molecule has 0 amide bonds. The lowest BCUT2D eigenvalue weighted by Crippen LogP contribution is -1.97. The molecule has 2 aromatic heterocycles. The first-order valence-corrected chi connectivity index (χ1v) is 10.5. The maximum atomic E-state index is 13.1. The van der Waals surface area contributed by atoms with E-state index in [1.165, 1.54) is 18.3 Å². The number of nitrogens with zero attached hydrogens (tertiary/aromatic N) is 4. The number of nitro groups is 1. The molecular formula is C14H9FIN4O2P. The molecule has 2 heterocycles. The Bertz CT molecular complexity index is 869. The molecule has 1 aromatic carbocycles. The third-order valence-corrected chi connectivity index (χ3v) is 5.11. The molecule has 0 aliphatic heterocycles. The minimum atomic E-state index is -0.468. The van der Waals surface area contributed by atoms with E-state index in [0.29, 0.717) is 28.9 Å². The van der Waals surface area contributed by atoms with Crippen LogP contribution < -0.4 is 0 Å². The molecule has 0 aliphatic rings. The van der Waals surface area contributed by atoms with E-state index < -0.39 is 4.92 Å². The highest BCUT2D eigenvalue weighted by atomic mass is 127. The second-order valence-corrected chi connectivity index (χ2v) is 6.60.